The van der Waals surface area contributed by atoms with E-state index in [9.17, 15) is 8.42 Å². The highest BCUT2D eigenvalue weighted by Crippen LogP contribution is 2.15. The third kappa shape index (κ3) is 7.96. The molecule has 0 unspecified atom stereocenters. The van der Waals surface area contributed by atoms with Gasteiger partial charge in [-0.05, 0) is 25.2 Å². The van der Waals surface area contributed by atoms with Crippen molar-refractivity contribution in [2.75, 3.05) is 38.7 Å². The van der Waals surface area contributed by atoms with E-state index in [1.807, 2.05) is 0 Å². The number of rotatable bonds is 4. The van der Waals surface area contributed by atoms with Crippen molar-refractivity contribution in [3.05, 3.63) is 0 Å². The molecule has 114 valence electrons. The lowest BCUT2D eigenvalue weighted by Crippen LogP contribution is -2.45. The molecule has 19 heavy (non-hydrogen) atoms. The summed E-state index contributed by atoms with van der Waals surface area (Å²) >= 11 is 0. The van der Waals surface area contributed by atoms with Crippen LogP contribution in [0.3, 0.4) is 0 Å². The minimum absolute atomic E-state index is 0. The van der Waals surface area contributed by atoms with Gasteiger partial charge in [0.15, 0.2) is 5.96 Å². The highest BCUT2D eigenvalue weighted by molar-refractivity contribution is 14.0. The van der Waals surface area contributed by atoms with E-state index in [2.05, 4.69) is 22.1 Å². The monoisotopic (exact) mass is 403 g/mol. The van der Waals surface area contributed by atoms with Gasteiger partial charge in [-0.2, -0.15) is 0 Å². The van der Waals surface area contributed by atoms with Gasteiger partial charge in [-0.25, -0.2) is 8.42 Å². The number of sulfone groups is 1. The zero-order chi connectivity index (χ0) is 13.6. The van der Waals surface area contributed by atoms with E-state index in [0.29, 0.717) is 13.0 Å². The molecule has 5 nitrogen and oxygen atoms in total. The van der Waals surface area contributed by atoms with Crippen LogP contribution in [0.1, 0.15) is 26.2 Å². The summed E-state index contributed by atoms with van der Waals surface area (Å²) in [5, 5.41) is 3.24. The molecule has 0 atom stereocenters. The van der Waals surface area contributed by atoms with E-state index >= 15 is 0 Å². The van der Waals surface area contributed by atoms with Gasteiger partial charge in [0.05, 0.1) is 5.75 Å². The molecule has 1 aliphatic heterocycles. The fourth-order valence-corrected chi connectivity index (χ4v) is 2.76. The smallest absolute Gasteiger partial charge is 0.193 e. The van der Waals surface area contributed by atoms with Crippen LogP contribution in [0.25, 0.3) is 0 Å². The molecule has 1 N–H and O–H groups in total. The Labute approximate surface area is 134 Å². The Hall–Kier alpha value is -0.0500. The molecule has 0 saturated carbocycles. The van der Waals surface area contributed by atoms with Crippen molar-refractivity contribution in [2.45, 2.75) is 26.2 Å². The average Bonchev–Trinajstić information content (AvgIpc) is 2.29. The van der Waals surface area contributed by atoms with Gasteiger partial charge in [-0.15, -0.1) is 24.0 Å². The van der Waals surface area contributed by atoms with Gasteiger partial charge in [0, 0.05) is 32.9 Å². The lowest BCUT2D eigenvalue weighted by Gasteiger charge is -2.32. The summed E-state index contributed by atoms with van der Waals surface area (Å²) in [5.74, 6) is 1.92. The zero-order valence-corrected chi connectivity index (χ0v) is 15.2. The second-order valence-corrected chi connectivity index (χ2v) is 7.39. The summed E-state index contributed by atoms with van der Waals surface area (Å²) in [4.78, 5) is 6.50. The summed E-state index contributed by atoms with van der Waals surface area (Å²) in [5.41, 5.74) is 0. The molecule has 1 saturated heterocycles. The highest BCUT2D eigenvalue weighted by atomic mass is 127. The SMILES string of the molecule is CN=C(NCCCS(C)(=O)=O)N1CCC(C)CC1.I. The third-order valence-corrected chi connectivity index (χ3v) is 4.30. The largest absolute Gasteiger partial charge is 0.356 e. The van der Waals surface area contributed by atoms with Crippen molar-refractivity contribution in [3.8, 4) is 0 Å². The van der Waals surface area contributed by atoms with Crippen molar-refractivity contribution in [1.82, 2.24) is 10.2 Å². The first-order valence-electron chi connectivity index (χ1n) is 6.55. The Morgan fingerprint density at radius 1 is 1.37 bits per heavy atom. The molecule has 0 amide bonds. The molecule has 1 aliphatic rings. The fourth-order valence-electron chi connectivity index (χ4n) is 2.09. The topological polar surface area (TPSA) is 61.8 Å². The van der Waals surface area contributed by atoms with E-state index in [0.717, 1.165) is 25.0 Å². The van der Waals surface area contributed by atoms with Crippen LogP contribution < -0.4 is 5.32 Å². The Kier molecular flexibility index (Phi) is 8.97. The standard InChI is InChI=1S/C12H25N3O2S.HI/c1-11-5-8-15(9-6-11)12(13-2)14-7-4-10-18(3,16)17;/h11H,4-10H2,1-3H3,(H,13,14);1H. The van der Waals surface area contributed by atoms with Crippen LogP contribution >= 0.6 is 24.0 Å². The van der Waals surface area contributed by atoms with Crippen molar-refractivity contribution >= 4 is 39.8 Å². The summed E-state index contributed by atoms with van der Waals surface area (Å²) in [6, 6.07) is 0. The number of hydrogen-bond donors (Lipinski definition) is 1. The minimum Gasteiger partial charge on any atom is -0.356 e. The van der Waals surface area contributed by atoms with Crippen LogP contribution in [0.4, 0.5) is 0 Å². The van der Waals surface area contributed by atoms with Gasteiger partial charge in [-0.1, -0.05) is 6.92 Å². The fraction of sp³-hybridized carbons (Fsp3) is 0.917. The molecule has 0 spiro atoms. The number of guanidine groups is 1. The number of halogens is 1. The second-order valence-electron chi connectivity index (χ2n) is 5.13. The zero-order valence-electron chi connectivity index (χ0n) is 12.1. The third-order valence-electron chi connectivity index (χ3n) is 3.27. The number of piperidine rings is 1. The molecule has 0 aromatic carbocycles. The Bertz CT molecular complexity index is 376. The van der Waals surface area contributed by atoms with Crippen LogP contribution in [-0.2, 0) is 9.84 Å². The van der Waals surface area contributed by atoms with E-state index < -0.39 is 9.84 Å². The second kappa shape index (κ2) is 8.99. The normalized spacial score (nSPS) is 18.1. The number of likely N-dealkylation sites (tertiary alicyclic amines) is 1. The van der Waals surface area contributed by atoms with Crippen LogP contribution in [-0.4, -0.2) is 58.0 Å². The Morgan fingerprint density at radius 2 is 1.95 bits per heavy atom. The molecule has 1 rings (SSSR count). The lowest BCUT2D eigenvalue weighted by atomic mass is 10.00. The Morgan fingerprint density at radius 3 is 2.42 bits per heavy atom. The molecule has 0 radical (unpaired) electrons. The maximum atomic E-state index is 11.0. The quantitative estimate of drug-likeness (QED) is 0.333. The van der Waals surface area contributed by atoms with Crippen LogP contribution in [0, 0.1) is 5.92 Å². The van der Waals surface area contributed by atoms with Gasteiger partial charge in [0.1, 0.15) is 9.84 Å². The average molecular weight is 403 g/mol. The van der Waals surface area contributed by atoms with Crippen LogP contribution in [0.5, 0.6) is 0 Å². The molecular weight excluding hydrogens is 377 g/mol. The van der Waals surface area contributed by atoms with E-state index in [1.165, 1.54) is 19.1 Å². The van der Waals surface area contributed by atoms with Crippen LogP contribution in [0.2, 0.25) is 0 Å². The summed E-state index contributed by atoms with van der Waals surface area (Å²) < 4.78 is 22.0. The minimum atomic E-state index is -2.85. The van der Waals surface area contributed by atoms with Crippen LogP contribution in [0.15, 0.2) is 4.99 Å². The van der Waals surface area contributed by atoms with Gasteiger partial charge >= 0.3 is 0 Å². The molecule has 0 aromatic rings. The molecule has 0 bridgehead atoms. The number of nitrogens with one attached hydrogen (secondary N) is 1. The predicted octanol–water partition coefficient (Wildman–Crippen LogP) is 1.35. The first-order chi connectivity index (χ1) is 8.42. The number of aliphatic imine (C=N–C) groups is 1. The first kappa shape index (κ1) is 18.9. The number of hydrogen-bond acceptors (Lipinski definition) is 3. The van der Waals surface area contributed by atoms with Gasteiger partial charge < -0.3 is 10.2 Å². The van der Waals surface area contributed by atoms with E-state index in [4.69, 9.17) is 0 Å². The molecule has 0 aromatic heterocycles. The Balaban J connectivity index is 0.00000324. The van der Waals surface area contributed by atoms with Crippen molar-refractivity contribution in [1.29, 1.82) is 0 Å². The maximum Gasteiger partial charge on any atom is 0.193 e. The molecule has 7 heteroatoms. The first-order valence-corrected chi connectivity index (χ1v) is 8.62. The van der Waals surface area contributed by atoms with Crippen molar-refractivity contribution < 1.29 is 8.42 Å². The molecular formula is C12H26IN3O2S. The highest BCUT2D eigenvalue weighted by Gasteiger charge is 2.18. The van der Waals surface area contributed by atoms with Gasteiger partial charge in [0.25, 0.3) is 0 Å². The predicted molar refractivity (Wildman–Crippen MR) is 91.1 cm³/mol. The lowest BCUT2D eigenvalue weighted by molar-refractivity contribution is 0.273. The summed E-state index contributed by atoms with van der Waals surface area (Å²) in [6.45, 7) is 5.01. The van der Waals surface area contributed by atoms with E-state index in [-0.39, 0.29) is 29.7 Å². The van der Waals surface area contributed by atoms with E-state index in [1.54, 1.807) is 7.05 Å². The summed E-state index contributed by atoms with van der Waals surface area (Å²) in [7, 11) is -1.08. The van der Waals surface area contributed by atoms with Gasteiger partial charge in [0.2, 0.25) is 0 Å². The number of nitrogens with zero attached hydrogens (tertiary/aromatic N) is 2. The van der Waals surface area contributed by atoms with Gasteiger partial charge in [-0.3, -0.25) is 4.99 Å². The van der Waals surface area contributed by atoms with Crippen molar-refractivity contribution in [2.24, 2.45) is 10.9 Å². The summed E-state index contributed by atoms with van der Waals surface area (Å²) in [6.07, 6.45) is 4.30. The maximum absolute atomic E-state index is 11.0. The molecule has 1 fully saturated rings. The molecule has 1 heterocycles. The van der Waals surface area contributed by atoms with Crippen molar-refractivity contribution in [3.63, 3.8) is 0 Å². The molecule has 0 aliphatic carbocycles.